The van der Waals surface area contributed by atoms with Crippen LogP contribution in [0.15, 0.2) is 54.6 Å². The van der Waals surface area contributed by atoms with Crippen molar-refractivity contribution >= 4 is 0 Å². The van der Waals surface area contributed by atoms with E-state index in [1.807, 2.05) is 18.2 Å². The van der Waals surface area contributed by atoms with E-state index < -0.39 is 0 Å². The fraction of sp³-hybridized carbons (Fsp3) is 0.400. The Kier molecular flexibility index (Phi) is 3.63. The molecule has 0 saturated heterocycles. The second kappa shape index (κ2) is 5.66. The smallest absolute Gasteiger partial charge is 0.119 e. The van der Waals surface area contributed by atoms with Crippen molar-refractivity contribution in [2.75, 3.05) is 0 Å². The standard InChI is InChI=1S/C20H24N2O/c21-16-11-20(22,12-16)19-10-18(19)15-6-8-17(9-7-15)23-13-14-4-2-1-3-5-14/h1-9,16,18-19H,10-13,21-22H2/t16?,18-,19+,20?/m0/s1. The van der Waals surface area contributed by atoms with Gasteiger partial charge in [-0.25, -0.2) is 0 Å². The molecule has 2 atom stereocenters. The van der Waals surface area contributed by atoms with Gasteiger partial charge in [-0.1, -0.05) is 42.5 Å². The van der Waals surface area contributed by atoms with E-state index in [0.29, 0.717) is 24.5 Å². The first-order valence-corrected chi connectivity index (χ1v) is 8.45. The van der Waals surface area contributed by atoms with E-state index in [1.165, 1.54) is 17.5 Å². The minimum Gasteiger partial charge on any atom is -0.489 e. The van der Waals surface area contributed by atoms with E-state index in [-0.39, 0.29) is 5.54 Å². The first-order chi connectivity index (χ1) is 11.1. The van der Waals surface area contributed by atoms with Gasteiger partial charge in [0, 0.05) is 11.6 Å². The lowest BCUT2D eigenvalue weighted by molar-refractivity contribution is 0.176. The molecule has 0 aromatic heterocycles. The van der Waals surface area contributed by atoms with Crippen LogP contribution in [-0.4, -0.2) is 11.6 Å². The van der Waals surface area contributed by atoms with Crippen LogP contribution in [-0.2, 0) is 6.61 Å². The Morgan fingerprint density at radius 1 is 1.00 bits per heavy atom. The third-order valence-corrected chi connectivity index (χ3v) is 5.37. The van der Waals surface area contributed by atoms with Crippen LogP contribution in [0.3, 0.4) is 0 Å². The van der Waals surface area contributed by atoms with Crippen LogP contribution in [0.2, 0.25) is 0 Å². The van der Waals surface area contributed by atoms with E-state index >= 15 is 0 Å². The predicted octanol–water partition coefficient (Wildman–Crippen LogP) is 3.19. The van der Waals surface area contributed by atoms with Gasteiger partial charge in [0.05, 0.1) is 0 Å². The number of nitrogens with two attached hydrogens (primary N) is 2. The Labute approximate surface area is 137 Å². The maximum Gasteiger partial charge on any atom is 0.119 e. The molecular weight excluding hydrogens is 284 g/mol. The molecule has 0 aliphatic heterocycles. The molecule has 2 saturated carbocycles. The summed E-state index contributed by atoms with van der Waals surface area (Å²) in [4.78, 5) is 0. The summed E-state index contributed by atoms with van der Waals surface area (Å²) >= 11 is 0. The van der Waals surface area contributed by atoms with Gasteiger partial charge in [-0.2, -0.15) is 0 Å². The van der Waals surface area contributed by atoms with Crippen LogP contribution in [0.4, 0.5) is 0 Å². The van der Waals surface area contributed by atoms with Gasteiger partial charge >= 0.3 is 0 Å². The highest BCUT2D eigenvalue weighted by Crippen LogP contribution is 2.57. The van der Waals surface area contributed by atoms with Crippen LogP contribution in [0.25, 0.3) is 0 Å². The Morgan fingerprint density at radius 2 is 1.70 bits per heavy atom. The minimum atomic E-state index is -0.00738. The van der Waals surface area contributed by atoms with E-state index in [2.05, 4.69) is 36.4 Å². The van der Waals surface area contributed by atoms with Crippen molar-refractivity contribution in [1.82, 2.24) is 0 Å². The second-order valence-electron chi connectivity index (χ2n) is 7.19. The monoisotopic (exact) mass is 308 g/mol. The summed E-state index contributed by atoms with van der Waals surface area (Å²) < 4.78 is 5.85. The molecule has 0 heterocycles. The van der Waals surface area contributed by atoms with E-state index in [1.54, 1.807) is 0 Å². The molecule has 3 heteroatoms. The average Bonchev–Trinajstić information content (AvgIpc) is 3.34. The number of ether oxygens (including phenoxy) is 1. The van der Waals surface area contributed by atoms with Gasteiger partial charge in [-0.3, -0.25) is 0 Å². The largest absolute Gasteiger partial charge is 0.489 e. The summed E-state index contributed by atoms with van der Waals surface area (Å²) in [5.41, 5.74) is 14.9. The first-order valence-electron chi connectivity index (χ1n) is 8.45. The Balaban J connectivity index is 1.34. The molecule has 2 aromatic carbocycles. The molecule has 2 aliphatic rings. The van der Waals surface area contributed by atoms with Crippen LogP contribution in [0.1, 0.15) is 36.3 Å². The van der Waals surface area contributed by atoms with Gasteiger partial charge in [-0.05, 0) is 54.4 Å². The highest BCUT2D eigenvalue weighted by molar-refractivity contribution is 5.35. The van der Waals surface area contributed by atoms with E-state index in [4.69, 9.17) is 16.2 Å². The number of rotatable bonds is 5. The lowest BCUT2D eigenvalue weighted by atomic mass is 9.70. The quantitative estimate of drug-likeness (QED) is 0.891. The fourth-order valence-electron chi connectivity index (χ4n) is 3.97. The lowest BCUT2D eigenvalue weighted by Gasteiger charge is -2.44. The maximum atomic E-state index is 6.46. The van der Waals surface area contributed by atoms with Gasteiger partial charge in [0.15, 0.2) is 0 Å². The van der Waals surface area contributed by atoms with Crippen molar-refractivity contribution in [2.45, 2.75) is 43.4 Å². The summed E-state index contributed by atoms with van der Waals surface area (Å²) in [5, 5.41) is 0. The van der Waals surface area contributed by atoms with Crippen molar-refractivity contribution in [2.24, 2.45) is 17.4 Å². The number of hydrogen-bond acceptors (Lipinski definition) is 3. The van der Waals surface area contributed by atoms with Gasteiger partial charge in [0.2, 0.25) is 0 Å². The molecule has 0 amide bonds. The zero-order chi connectivity index (χ0) is 15.9. The minimum absolute atomic E-state index is 0.00738. The maximum absolute atomic E-state index is 6.46. The van der Waals surface area contributed by atoms with Crippen LogP contribution in [0.5, 0.6) is 5.75 Å². The molecule has 4 rings (SSSR count). The molecule has 3 nitrogen and oxygen atoms in total. The van der Waals surface area contributed by atoms with Crippen LogP contribution in [0, 0.1) is 5.92 Å². The average molecular weight is 308 g/mol. The lowest BCUT2D eigenvalue weighted by Crippen LogP contribution is -2.59. The zero-order valence-corrected chi connectivity index (χ0v) is 13.3. The molecule has 0 spiro atoms. The van der Waals surface area contributed by atoms with Gasteiger partial charge in [0.1, 0.15) is 12.4 Å². The summed E-state index contributed by atoms with van der Waals surface area (Å²) in [6.07, 6.45) is 3.16. The number of benzene rings is 2. The molecule has 120 valence electrons. The molecule has 2 fully saturated rings. The van der Waals surface area contributed by atoms with E-state index in [0.717, 1.165) is 18.6 Å². The van der Waals surface area contributed by atoms with Gasteiger partial charge < -0.3 is 16.2 Å². The molecule has 2 aromatic rings. The highest BCUT2D eigenvalue weighted by atomic mass is 16.5. The number of hydrogen-bond donors (Lipinski definition) is 2. The molecule has 0 radical (unpaired) electrons. The highest BCUT2D eigenvalue weighted by Gasteiger charge is 2.56. The molecule has 0 bridgehead atoms. The third-order valence-electron chi connectivity index (χ3n) is 5.37. The first kappa shape index (κ1) is 14.7. The van der Waals surface area contributed by atoms with Crippen LogP contribution >= 0.6 is 0 Å². The summed E-state index contributed by atoms with van der Waals surface area (Å²) in [6, 6.07) is 19.1. The van der Waals surface area contributed by atoms with Crippen LogP contribution < -0.4 is 16.2 Å². The van der Waals surface area contributed by atoms with E-state index in [9.17, 15) is 0 Å². The van der Waals surface area contributed by atoms with Crippen molar-refractivity contribution < 1.29 is 4.74 Å². The van der Waals surface area contributed by atoms with Gasteiger partial charge in [0.25, 0.3) is 0 Å². The molecule has 0 unspecified atom stereocenters. The van der Waals surface area contributed by atoms with Crippen molar-refractivity contribution in [3.63, 3.8) is 0 Å². The summed E-state index contributed by atoms with van der Waals surface area (Å²) in [5.74, 6) is 2.14. The summed E-state index contributed by atoms with van der Waals surface area (Å²) in [6.45, 7) is 0.607. The topological polar surface area (TPSA) is 61.3 Å². The predicted molar refractivity (Wildman–Crippen MR) is 92.2 cm³/mol. The molecule has 4 N–H and O–H groups in total. The van der Waals surface area contributed by atoms with Crippen molar-refractivity contribution in [1.29, 1.82) is 0 Å². The summed E-state index contributed by atoms with van der Waals surface area (Å²) in [7, 11) is 0. The van der Waals surface area contributed by atoms with Gasteiger partial charge in [-0.15, -0.1) is 0 Å². The Hall–Kier alpha value is -1.84. The molecule has 2 aliphatic carbocycles. The Bertz CT molecular complexity index is 662. The fourth-order valence-corrected chi connectivity index (χ4v) is 3.97. The molecular formula is C20H24N2O. The normalized spacial score (nSPS) is 32.2. The third kappa shape index (κ3) is 2.99. The second-order valence-corrected chi connectivity index (χ2v) is 7.19. The molecule has 23 heavy (non-hydrogen) atoms. The SMILES string of the molecule is NC1CC(N)([C@@H]2C[C@H]2c2ccc(OCc3ccccc3)cc2)C1. The van der Waals surface area contributed by atoms with Crippen molar-refractivity contribution in [3.05, 3.63) is 65.7 Å². The Morgan fingerprint density at radius 3 is 2.35 bits per heavy atom. The van der Waals surface area contributed by atoms with Crippen molar-refractivity contribution in [3.8, 4) is 5.75 Å². The zero-order valence-electron chi connectivity index (χ0n) is 13.3.